The van der Waals surface area contributed by atoms with E-state index < -0.39 is 5.97 Å². The second-order valence-electron chi connectivity index (χ2n) is 15.9. The number of rotatable bonds is 14. The smallest absolute Gasteiger partial charge is 0.337 e. The third-order valence-electron chi connectivity index (χ3n) is 11.0. The number of carboxylic acids is 1. The number of carboxylic acid groups (broad SMARTS) is 1. The van der Waals surface area contributed by atoms with Gasteiger partial charge in [-0.3, -0.25) is 0 Å². The lowest BCUT2D eigenvalue weighted by molar-refractivity contribution is 0.0698. The molecule has 0 aliphatic rings. The first-order valence-electron chi connectivity index (χ1n) is 21.8. The molecular weight excluding hydrogens is 900 g/mol. The molecule has 0 heterocycles. The fourth-order valence-electron chi connectivity index (χ4n) is 7.15. The molecule has 8 aromatic carbocycles. The van der Waals surface area contributed by atoms with Crippen LogP contribution in [0.1, 0.15) is 54.9 Å². The number of anilines is 5. The summed E-state index contributed by atoms with van der Waals surface area (Å²) in [5.41, 5.74) is 19.6. The average molecular weight is 954 g/mol. The number of nitrogen functional groups attached to an aromatic ring is 1. The van der Waals surface area contributed by atoms with Crippen molar-refractivity contribution in [2.75, 3.05) is 16.4 Å². The van der Waals surface area contributed by atoms with Crippen LogP contribution in [-0.2, 0) is 38.5 Å². The maximum Gasteiger partial charge on any atom is 0.337 e. The number of aryl methyl sites for hydroxylation is 8. The fraction of sp³-hybridized carbons (Fsp3) is 0.140. The van der Waals surface area contributed by atoms with Crippen LogP contribution >= 0.6 is 46.4 Å². The maximum absolute atomic E-state index is 11.6. The van der Waals surface area contributed by atoms with E-state index >= 15 is 0 Å². The number of para-hydroxylation sites is 2. The molecule has 336 valence electrons. The Labute approximate surface area is 409 Å². The van der Waals surface area contributed by atoms with Crippen LogP contribution in [0.5, 0.6) is 0 Å². The van der Waals surface area contributed by atoms with Crippen LogP contribution in [0.15, 0.2) is 182 Å². The normalized spacial score (nSPS) is 10.5. The van der Waals surface area contributed by atoms with Gasteiger partial charge in [-0.25, -0.2) is 4.79 Å². The lowest BCUT2D eigenvalue weighted by atomic mass is 10.0. The van der Waals surface area contributed by atoms with Crippen molar-refractivity contribution in [3.8, 4) is 0 Å². The van der Waals surface area contributed by atoms with Gasteiger partial charge in [0.15, 0.2) is 0 Å². The van der Waals surface area contributed by atoms with Crippen molar-refractivity contribution in [2.24, 2.45) is 0 Å². The highest BCUT2D eigenvalue weighted by molar-refractivity contribution is 6.40. The van der Waals surface area contributed by atoms with Crippen molar-refractivity contribution in [3.63, 3.8) is 0 Å². The van der Waals surface area contributed by atoms with Gasteiger partial charge in [-0.15, -0.1) is 0 Å². The predicted molar refractivity (Wildman–Crippen MR) is 281 cm³/mol. The van der Waals surface area contributed by atoms with Crippen LogP contribution in [-0.4, -0.2) is 11.1 Å². The third kappa shape index (κ3) is 14.9. The molecule has 0 spiro atoms. The van der Waals surface area contributed by atoms with Crippen molar-refractivity contribution in [1.29, 1.82) is 0 Å². The molecule has 0 radical (unpaired) electrons. The molecule has 8 aromatic rings. The summed E-state index contributed by atoms with van der Waals surface area (Å²) in [5.74, 6) is -1.01. The Balaban J connectivity index is 0.000000168. The zero-order chi connectivity index (χ0) is 46.8. The minimum atomic E-state index is -1.01. The molecule has 9 heteroatoms. The van der Waals surface area contributed by atoms with Gasteiger partial charge in [0.25, 0.3) is 0 Å². The third-order valence-corrected chi connectivity index (χ3v) is 12.3. The molecule has 8 rings (SSSR count). The van der Waals surface area contributed by atoms with Crippen molar-refractivity contribution >= 4 is 80.8 Å². The zero-order valence-electron chi connectivity index (χ0n) is 37.0. The maximum atomic E-state index is 11.6. The molecule has 66 heavy (non-hydrogen) atoms. The van der Waals surface area contributed by atoms with Crippen LogP contribution in [0.4, 0.5) is 28.4 Å². The number of benzene rings is 8. The number of hydrogen-bond donors (Lipinski definition) is 4. The Kier molecular flexibility index (Phi) is 18.6. The monoisotopic (exact) mass is 951 g/mol. The van der Waals surface area contributed by atoms with Crippen LogP contribution in [0.2, 0.25) is 20.1 Å². The van der Waals surface area contributed by atoms with Crippen molar-refractivity contribution in [3.05, 3.63) is 252 Å². The molecule has 0 aliphatic carbocycles. The molecule has 0 unspecified atom stereocenters. The van der Waals surface area contributed by atoms with E-state index in [4.69, 9.17) is 52.1 Å². The lowest BCUT2D eigenvalue weighted by Gasteiger charge is -2.14. The number of carbonyl (C=O) groups is 1. The lowest BCUT2D eigenvalue weighted by Crippen LogP contribution is -2.04. The minimum Gasteiger partial charge on any atom is -0.478 e. The minimum absolute atomic E-state index is 0.171. The van der Waals surface area contributed by atoms with E-state index in [-0.39, 0.29) is 5.56 Å². The molecular formula is C57H53Cl4N3O2. The highest BCUT2D eigenvalue weighted by atomic mass is 35.5. The molecule has 0 saturated heterocycles. The van der Waals surface area contributed by atoms with Crippen molar-refractivity contribution < 1.29 is 9.90 Å². The van der Waals surface area contributed by atoms with Crippen molar-refractivity contribution in [1.82, 2.24) is 0 Å². The van der Waals surface area contributed by atoms with Crippen LogP contribution in [0.25, 0.3) is 0 Å². The van der Waals surface area contributed by atoms with E-state index in [0.717, 1.165) is 72.3 Å². The van der Waals surface area contributed by atoms with Gasteiger partial charge in [0.2, 0.25) is 0 Å². The Morgan fingerprint density at radius 2 is 0.773 bits per heavy atom. The number of nitrogens with one attached hydrogen (secondary N) is 2. The summed E-state index contributed by atoms with van der Waals surface area (Å²) in [6.45, 7) is 4.12. The standard InChI is InChI=1S/C21H17Cl2NO2.C21H19Cl2N.C15H17N/c22-17-7-4-8-18(23)20(17)24-19-13-15(11-12-16(19)21(25)26)10-9-14-5-2-1-3-6-14;1-15-10-11-17(13-12-16-6-3-2-4-7-16)14-20(15)24-21-18(22)8-5-9-19(21)23;1-12-7-8-14(11-15(12)16)10-9-13-5-3-2-4-6-13/h1-8,11-13,24H,9-10H2,(H,25,26);2-11,14,24H,12-13H2,1H3;2-8,11H,9-10,16H2,1H3. The van der Waals surface area contributed by atoms with Crippen molar-refractivity contribution in [2.45, 2.75) is 52.4 Å². The van der Waals surface area contributed by atoms with Crippen LogP contribution in [0.3, 0.4) is 0 Å². The molecule has 0 saturated carbocycles. The largest absolute Gasteiger partial charge is 0.478 e. The Morgan fingerprint density at radius 3 is 1.18 bits per heavy atom. The Morgan fingerprint density at radius 1 is 0.424 bits per heavy atom. The number of hydrogen-bond acceptors (Lipinski definition) is 4. The first-order chi connectivity index (χ1) is 31.9. The van der Waals surface area contributed by atoms with Gasteiger partial charge in [-0.2, -0.15) is 0 Å². The van der Waals surface area contributed by atoms with Gasteiger partial charge in [0.1, 0.15) is 0 Å². The summed E-state index contributed by atoms with van der Waals surface area (Å²) in [5, 5.41) is 18.1. The van der Waals surface area contributed by atoms with E-state index in [2.05, 4.69) is 115 Å². The molecule has 0 aliphatic heterocycles. The topological polar surface area (TPSA) is 87.4 Å². The van der Waals surface area contributed by atoms with Gasteiger partial charge >= 0.3 is 5.97 Å². The summed E-state index contributed by atoms with van der Waals surface area (Å²) in [6, 6.07) is 60.0. The molecule has 0 bridgehead atoms. The molecule has 0 aromatic heterocycles. The van der Waals surface area contributed by atoms with E-state index in [0.29, 0.717) is 31.5 Å². The predicted octanol–water partition coefficient (Wildman–Crippen LogP) is 16.4. The highest BCUT2D eigenvalue weighted by Gasteiger charge is 2.14. The summed E-state index contributed by atoms with van der Waals surface area (Å²) in [6.07, 6.45) is 5.82. The first kappa shape index (κ1) is 49.2. The molecule has 0 amide bonds. The first-order valence-corrected chi connectivity index (χ1v) is 23.3. The number of nitrogens with two attached hydrogens (primary N) is 1. The Bertz CT molecular complexity index is 2780. The van der Waals surface area contributed by atoms with Gasteiger partial charge < -0.3 is 21.5 Å². The van der Waals surface area contributed by atoms with Gasteiger partial charge in [0, 0.05) is 11.4 Å². The van der Waals surface area contributed by atoms with Gasteiger partial charge in [0.05, 0.1) is 42.7 Å². The van der Waals surface area contributed by atoms with Gasteiger partial charge in [-0.05, 0) is 145 Å². The second-order valence-corrected chi connectivity index (χ2v) is 17.6. The van der Waals surface area contributed by atoms with E-state index in [9.17, 15) is 9.90 Å². The fourth-order valence-corrected chi connectivity index (χ4v) is 8.13. The summed E-state index contributed by atoms with van der Waals surface area (Å²) in [4.78, 5) is 11.6. The SMILES string of the molecule is Cc1ccc(CCc2ccccc2)cc1N.Cc1ccc(CCc2ccccc2)cc1Nc1c(Cl)cccc1Cl.O=C(O)c1ccc(CCc2ccccc2)cc1Nc1c(Cl)cccc1Cl. The molecule has 5 N–H and O–H groups in total. The van der Waals surface area contributed by atoms with E-state index in [1.54, 1.807) is 24.3 Å². The average Bonchev–Trinajstić information content (AvgIpc) is 3.32. The van der Waals surface area contributed by atoms with E-state index in [1.165, 1.54) is 27.8 Å². The number of halogens is 4. The molecule has 0 atom stereocenters. The summed E-state index contributed by atoms with van der Waals surface area (Å²) >= 11 is 24.9. The molecule has 5 nitrogen and oxygen atoms in total. The number of aromatic carboxylic acids is 1. The Hall–Kier alpha value is -6.21. The summed E-state index contributed by atoms with van der Waals surface area (Å²) < 4.78 is 0. The van der Waals surface area contributed by atoms with E-state index in [1.807, 2.05) is 67.6 Å². The zero-order valence-corrected chi connectivity index (χ0v) is 40.0. The summed E-state index contributed by atoms with van der Waals surface area (Å²) in [7, 11) is 0. The van der Waals surface area contributed by atoms with Crippen LogP contribution in [0, 0.1) is 13.8 Å². The molecule has 0 fully saturated rings. The van der Waals surface area contributed by atoms with Gasteiger partial charge in [-0.1, -0.05) is 180 Å². The second kappa shape index (κ2) is 24.9. The van der Waals surface area contributed by atoms with Crippen LogP contribution < -0.4 is 16.4 Å². The quantitative estimate of drug-likeness (QED) is 0.0816. The highest BCUT2D eigenvalue weighted by Crippen LogP contribution is 2.35.